The van der Waals surface area contributed by atoms with Crippen molar-refractivity contribution in [2.45, 2.75) is 56.0 Å². The van der Waals surface area contributed by atoms with Crippen LogP contribution in [-0.2, 0) is 33.7 Å². The number of benzene rings is 2. The predicted octanol–water partition coefficient (Wildman–Crippen LogP) is 4.79. The molecule has 0 bridgehead atoms. The lowest BCUT2D eigenvalue weighted by Gasteiger charge is -2.31. The Bertz CT molecular complexity index is 1510. The topological polar surface area (TPSA) is 102 Å². The number of hydrogen-bond acceptors (Lipinski definition) is 7. The summed E-state index contributed by atoms with van der Waals surface area (Å²) in [6.45, 7) is 1.00. The number of nitrogens with zero attached hydrogens (tertiary/aromatic N) is 1. The third-order valence-electron chi connectivity index (χ3n) is 8.23. The van der Waals surface area contributed by atoms with E-state index in [0.717, 1.165) is 46.9 Å². The summed E-state index contributed by atoms with van der Waals surface area (Å²) in [5, 5.41) is 2.23. The Kier molecular flexibility index (Phi) is 7.69. The molecule has 2 atom stereocenters. The van der Waals surface area contributed by atoms with Crippen molar-refractivity contribution < 1.29 is 27.6 Å². The van der Waals surface area contributed by atoms with E-state index in [-0.39, 0.29) is 43.5 Å². The Labute approximate surface area is 238 Å². The number of sulfone groups is 1. The minimum absolute atomic E-state index is 0.00337. The van der Waals surface area contributed by atoms with Gasteiger partial charge < -0.3 is 9.64 Å². The second-order valence-electron chi connectivity index (χ2n) is 11.0. The zero-order valence-electron chi connectivity index (χ0n) is 22.3. The van der Waals surface area contributed by atoms with E-state index in [1.807, 2.05) is 30.3 Å². The van der Waals surface area contributed by atoms with Crippen molar-refractivity contribution in [3.8, 4) is 10.4 Å². The predicted molar refractivity (Wildman–Crippen MR) is 154 cm³/mol. The van der Waals surface area contributed by atoms with E-state index in [1.54, 1.807) is 4.90 Å². The van der Waals surface area contributed by atoms with E-state index in [4.69, 9.17) is 9.57 Å². The fourth-order valence-electron chi connectivity index (χ4n) is 5.69. The van der Waals surface area contributed by atoms with Crippen LogP contribution >= 0.6 is 11.3 Å². The number of ether oxygens (including phenoxy) is 1. The minimum Gasteiger partial charge on any atom is -0.350 e. The van der Waals surface area contributed by atoms with Gasteiger partial charge in [-0.05, 0) is 66.6 Å². The number of thiophene rings is 1. The smallest absolute Gasteiger partial charge is 0.245 e. The van der Waals surface area contributed by atoms with Crippen molar-refractivity contribution in [2.24, 2.45) is 5.92 Å². The van der Waals surface area contributed by atoms with E-state index in [1.165, 1.54) is 11.3 Å². The van der Waals surface area contributed by atoms with Gasteiger partial charge >= 0.3 is 0 Å². The summed E-state index contributed by atoms with van der Waals surface area (Å²) in [7, 11) is -3.82. The van der Waals surface area contributed by atoms with Gasteiger partial charge in [-0.15, -0.1) is 11.3 Å². The molecule has 3 fully saturated rings. The minimum atomic E-state index is -3.82. The lowest BCUT2D eigenvalue weighted by molar-refractivity contribution is -0.200. The highest BCUT2D eigenvalue weighted by molar-refractivity contribution is 7.92. The molecule has 2 aromatic carbocycles. The molecule has 6 rings (SSSR count). The van der Waals surface area contributed by atoms with Gasteiger partial charge in [0.05, 0.1) is 12.2 Å². The van der Waals surface area contributed by atoms with Crippen molar-refractivity contribution in [1.29, 1.82) is 0 Å². The Hall–Kier alpha value is -2.79. The fourth-order valence-corrected chi connectivity index (χ4v) is 9.29. The van der Waals surface area contributed by atoms with Crippen LogP contribution in [0.1, 0.15) is 49.8 Å². The van der Waals surface area contributed by atoms with Crippen LogP contribution in [0, 0.1) is 5.92 Å². The maximum absolute atomic E-state index is 14.1. The van der Waals surface area contributed by atoms with E-state index in [9.17, 15) is 18.0 Å². The number of rotatable bonds is 7. The molecule has 40 heavy (non-hydrogen) atoms. The third-order valence-corrected chi connectivity index (χ3v) is 12.2. The zero-order chi connectivity index (χ0) is 27.7. The number of carbonyl (C=O) groups excluding carboxylic acids is 2. The highest BCUT2D eigenvalue weighted by Crippen LogP contribution is 2.46. The summed E-state index contributed by atoms with van der Waals surface area (Å²) in [6.07, 6.45) is 3.60. The van der Waals surface area contributed by atoms with Gasteiger partial charge in [-0.25, -0.2) is 18.7 Å². The monoisotopic (exact) mass is 582 g/mol. The molecular formula is C30H34N2O6S2. The maximum Gasteiger partial charge on any atom is 0.245 e. The lowest BCUT2D eigenvalue weighted by atomic mass is 9.97. The quantitative estimate of drug-likeness (QED) is 0.402. The van der Waals surface area contributed by atoms with Crippen molar-refractivity contribution >= 4 is 43.8 Å². The van der Waals surface area contributed by atoms with E-state index >= 15 is 0 Å². The number of fused-ring (bicyclic) bond motifs is 1. The summed E-state index contributed by atoms with van der Waals surface area (Å²) in [4.78, 5) is 34.9. The summed E-state index contributed by atoms with van der Waals surface area (Å²) < 4.78 is 32.2. The summed E-state index contributed by atoms with van der Waals surface area (Å²) >= 11 is 1.40. The van der Waals surface area contributed by atoms with E-state index in [2.05, 4.69) is 29.7 Å². The molecule has 0 radical (unpaired) electrons. The van der Waals surface area contributed by atoms with Crippen LogP contribution in [0.2, 0.25) is 0 Å². The number of amides is 2. The first kappa shape index (κ1) is 27.4. The number of hydrogen-bond donors (Lipinski definition) is 1. The first-order chi connectivity index (χ1) is 19.3. The average molecular weight is 583 g/mol. The normalized spacial score (nSPS) is 24.9. The lowest BCUT2D eigenvalue weighted by Crippen LogP contribution is -2.43. The molecule has 2 unspecified atom stereocenters. The fraction of sp³-hybridized carbons (Fsp3) is 0.467. The SMILES string of the molecule is O=C(CC1(c2ccc(-c3ccc4ccccc4c3)s2)CCN(C(=O)C2CC2)CCS1(=O)=O)NOC1CCCCO1. The second-order valence-corrected chi connectivity index (χ2v) is 14.5. The third kappa shape index (κ3) is 5.54. The van der Waals surface area contributed by atoms with Crippen LogP contribution in [0.4, 0.5) is 0 Å². The van der Waals surface area contributed by atoms with Crippen molar-refractivity contribution in [3.63, 3.8) is 0 Å². The van der Waals surface area contributed by atoms with Gasteiger partial charge in [0, 0.05) is 41.8 Å². The van der Waals surface area contributed by atoms with Crippen LogP contribution in [0.3, 0.4) is 0 Å². The maximum atomic E-state index is 14.1. The summed E-state index contributed by atoms with van der Waals surface area (Å²) in [5.74, 6) is -0.672. The molecular weight excluding hydrogens is 548 g/mol. The van der Waals surface area contributed by atoms with Crippen molar-refractivity contribution in [3.05, 3.63) is 59.5 Å². The molecule has 2 amide bonds. The number of carbonyl (C=O) groups is 2. The Morgan fingerprint density at radius 3 is 2.62 bits per heavy atom. The van der Waals surface area contributed by atoms with Gasteiger partial charge in [0.2, 0.25) is 11.8 Å². The molecule has 1 aliphatic carbocycles. The molecule has 1 saturated carbocycles. The van der Waals surface area contributed by atoms with Gasteiger partial charge in [0.25, 0.3) is 0 Å². The summed E-state index contributed by atoms with van der Waals surface area (Å²) in [6, 6.07) is 18.1. The van der Waals surface area contributed by atoms with Crippen molar-refractivity contribution in [2.75, 3.05) is 25.4 Å². The Balaban J connectivity index is 1.31. The molecule has 2 saturated heterocycles. The van der Waals surface area contributed by atoms with E-state index < -0.39 is 26.8 Å². The van der Waals surface area contributed by atoms with Gasteiger partial charge in [0.15, 0.2) is 16.1 Å². The van der Waals surface area contributed by atoms with Crippen LogP contribution in [-0.4, -0.2) is 56.9 Å². The second kappa shape index (κ2) is 11.2. The van der Waals surface area contributed by atoms with Crippen LogP contribution in [0.25, 0.3) is 21.2 Å². The standard InChI is InChI=1S/C30H34N2O6S2/c33-27(31-38-28-7-3-4-17-37-28)20-30(14-15-32(16-18-40(30,35)36)29(34)22-9-10-22)26-13-12-25(39-26)24-11-8-21-5-1-2-6-23(21)19-24/h1-2,5-6,8,11-13,19,22,28H,3-4,7,9-10,14-18,20H2,(H,31,33). The molecule has 3 aromatic rings. The molecule has 2 aliphatic heterocycles. The van der Waals surface area contributed by atoms with Gasteiger partial charge in [0.1, 0.15) is 4.75 Å². The van der Waals surface area contributed by atoms with Crippen LogP contribution in [0.5, 0.6) is 0 Å². The van der Waals surface area contributed by atoms with E-state index in [0.29, 0.717) is 17.9 Å². The Morgan fingerprint density at radius 1 is 1.02 bits per heavy atom. The highest BCUT2D eigenvalue weighted by atomic mass is 32.2. The average Bonchev–Trinajstić information content (AvgIpc) is 3.73. The molecule has 8 nitrogen and oxygen atoms in total. The Morgan fingerprint density at radius 2 is 1.85 bits per heavy atom. The first-order valence-corrected chi connectivity index (χ1v) is 16.5. The largest absolute Gasteiger partial charge is 0.350 e. The van der Waals surface area contributed by atoms with Gasteiger partial charge in [-0.1, -0.05) is 36.4 Å². The summed E-state index contributed by atoms with van der Waals surface area (Å²) in [5.41, 5.74) is 3.46. The van der Waals surface area contributed by atoms with Gasteiger partial charge in [-0.3, -0.25) is 9.59 Å². The zero-order valence-corrected chi connectivity index (χ0v) is 24.0. The van der Waals surface area contributed by atoms with Crippen LogP contribution in [0.15, 0.2) is 54.6 Å². The van der Waals surface area contributed by atoms with Gasteiger partial charge in [-0.2, -0.15) is 0 Å². The molecule has 1 N–H and O–H groups in total. The first-order valence-electron chi connectivity index (χ1n) is 14.0. The highest BCUT2D eigenvalue weighted by Gasteiger charge is 2.50. The molecule has 212 valence electrons. The molecule has 1 aromatic heterocycles. The molecule has 3 aliphatic rings. The van der Waals surface area contributed by atoms with Crippen molar-refractivity contribution in [1.82, 2.24) is 10.4 Å². The molecule has 3 heterocycles. The van der Waals surface area contributed by atoms with Crippen LogP contribution < -0.4 is 5.48 Å². The molecule has 10 heteroatoms. The number of hydroxylamine groups is 1. The molecule has 0 spiro atoms. The number of nitrogens with one attached hydrogen (secondary N) is 1.